The van der Waals surface area contributed by atoms with Crippen LogP contribution in [0.2, 0.25) is 0 Å². The Labute approximate surface area is 211 Å². The molecule has 8 nitrogen and oxygen atoms in total. The molecule has 1 amide bonds. The lowest BCUT2D eigenvalue weighted by atomic mass is 10.0. The van der Waals surface area contributed by atoms with Gasteiger partial charge in [0.25, 0.3) is 0 Å². The number of nitrogens with one attached hydrogen (secondary N) is 2. The standard InChI is InChI=1S/C28H33N5O3/c1-19(20-7-4-3-5-8-20)29-27-23-18-24(30-26(34)9-6-12-33-13-15-36-16-14-33)22(21-10-11-21)17-25(23)31-28(32-27)35-2/h3-9,17-19,21H,10-16H2,1-2H3,(H,30,34)(H,29,31,32)/t19-/m1/s1. The number of morpholine rings is 1. The summed E-state index contributed by atoms with van der Waals surface area (Å²) in [6.45, 7) is 6.10. The number of anilines is 2. The van der Waals surface area contributed by atoms with Gasteiger partial charge in [0.15, 0.2) is 0 Å². The van der Waals surface area contributed by atoms with Gasteiger partial charge in [0.2, 0.25) is 5.91 Å². The molecule has 1 aromatic heterocycles. The second kappa shape index (κ2) is 11.1. The van der Waals surface area contributed by atoms with Gasteiger partial charge in [-0.3, -0.25) is 9.69 Å². The molecule has 2 heterocycles. The zero-order chi connectivity index (χ0) is 24.9. The maximum absolute atomic E-state index is 12.8. The molecule has 1 saturated heterocycles. The van der Waals surface area contributed by atoms with Crippen molar-refractivity contribution in [2.75, 3.05) is 50.6 Å². The van der Waals surface area contributed by atoms with E-state index < -0.39 is 0 Å². The van der Waals surface area contributed by atoms with Crippen LogP contribution in [0.25, 0.3) is 10.9 Å². The van der Waals surface area contributed by atoms with Crippen LogP contribution in [-0.4, -0.2) is 60.7 Å². The topological polar surface area (TPSA) is 88.6 Å². The summed E-state index contributed by atoms with van der Waals surface area (Å²) >= 11 is 0. The maximum atomic E-state index is 12.8. The molecule has 1 atom stereocenters. The molecule has 0 radical (unpaired) electrons. The maximum Gasteiger partial charge on any atom is 0.318 e. The zero-order valence-electron chi connectivity index (χ0n) is 20.9. The highest BCUT2D eigenvalue weighted by Gasteiger charge is 2.28. The van der Waals surface area contributed by atoms with Crippen molar-refractivity contribution < 1.29 is 14.3 Å². The van der Waals surface area contributed by atoms with Crippen LogP contribution in [0.1, 0.15) is 42.9 Å². The summed E-state index contributed by atoms with van der Waals surface area (Å²) in [6, 6.07) is 14.6. The number of ether oxygens (including phenoxy) is 2. The summed E-state index contributed by atoms with van der Waals surface area (Å²) in [6.07, 6.45) is 5.76. The van der Waals surface area contributed by atoms with Crippen LogP contribution in [0.4, 0.5) is 11.5 Å². The number of aromatic nitrogens is 2. The first kappa shape index (κ1) is 24.2. The van der Waals surface area contributed by atoms with Gasteiger partial charge in [0.05, 0.1) is 25.8 Å². The molecule has 188 valence electrons. The molecule has 1 aliphatic heterocycles. The van der Waals surface area contributed by atoms with E-state index in [-0.39, 0.29) is 11.9 Å². The summed E-state index contributed by atoms with van der Waals surface area (Å²) < 4.78 is 10.8. The molecule has 2 N–H and O–H groups in total. The molecule has 8 heteroatoms. The average Bonchev–Trinajstić information content (AvgIpc) is 3.75. The van der Waals surface area contributed by atoms with Crippen molar-refractivity contribution in [1.29, 1.82) is 0 Å². The lowest BCUT2D eigenvalue weighted by Crippen LogP contribution is -2.36. The number of nitrogens with zero attached hydrogens (tertiary/aromatic N) is 3. The average molecular weight is 488 g/mol. The van der Waals surface area contributed by atoms with E-state index in [2.05, 4.69) is 50.6 Å². The Morgan fingerprint density at radius 2 is 1.97 bits per heavy atom. The van der Waals surface area contributed by atoms with Gasteiger partial charge in [-0.1, -0.05) is 36.4 Å². The Kier molecular flexibility index (Phi) is 7.44. The number of benzene rings is 2. The number of carbonyl (C=O) groups is 1. The fourth-order valence-electron chi connectivity index (χ4n) is 4.51. The zero-order valence-corrected chi connectivity index (χ0v) is 20.9. The van der Waals surface area contributed by atoms with Gasteiger partial charge < -0.3 is 20.1 Å². The third kappa shape index (κ3) is 5.83. The first-order valence-electron chi connectivity index (χ1n) is 12.6. The second-order valence-electron chi connectivity index (χ2n) is 9.37. The van der Waals surface area contributed by atoms with E-state index in [4.69, 9.17) is 9.47 Å². The van der Waals surface area contributed by atoms with Gasteiger partial charge in [-0.15, -0.1) is 0 Å². The number of carbonyl (C=O) groups excluding carboxylic acids is 1. The van der Waals surface area contributed by atoms with Gasteiger partial charge in [0.1, 0.15) is 5.82 Å². The highest BCUT2D eigenvalue weighted by Crippen LogP contribution is 2.45. The third-order valence-electron chi connectivity index (χ3n) is 6.69. The van der Waals surface area contributed by atoms with Crippen molar-refractivity contribution in [3.63, 3.8) is 0 Å². The third-order valence-corrected chi connectivity index (χ3v) is 6.69. The summed E-state index contributed by atoms with van der Waals surface area (Å²) in [5.41, 5.74) is 3.87. The van der Waals surface area contributed by atoms with Crippen molar-refractivity contribution in [1.82, 2.24) is 14.9 Å². The lowest BCUT2D eigenvalue weighted by Gasteiger charge is -2.25. The summed E-state index contributed by atoms with van der Waals surface area (Å²) in [5.74, 6) is 0.975. The van der Waals surface area contributed by atoms with Crippen LogP contribution in [0.5, 0.6) is 6.01 Å². The monoisotopic (exact) mass is 487 g/mol. The number of amides is 1. The molecule has 1 aliphatic carbocycles. The van der Waals surface area contributed by atoms with Crippen LogP contribution in [0.3, 0.4) is 0 Å². The molecule has 0 bridgehead atoms. The van der Waals surface area contributed by atoms with Gasteiger partial charge >= 0.3 is 6.01 Å². The highest BCUT2D eigenvalue weighted by molar-refractivity contribution is 6.03. The van der Waals surface area contributed by atoms with Crippen molar-refractivity contribution in [2.24, 2.45) is 0 Å². The van der Waals surface area contributed by atoms with Gasteiger partial charge in [-0.05, 0) is 48.9 Å². The first-order valence-corrected chi connectivity index (χ1v) is 12.6. The smallest absolute Gasteiger partial charge is 0.318 e. The molecule has 36 heavy (non-hydrogen) atoms. The van der Waals surface area contributed by atoms with Crippen molar-refractivity contribution >= 4 is 28.3 Å². The number of hydrogen-bond acceptors (Lipinski definition) is 7. The normalized spacial score (nSPS) is 17.3. The number of rotatable bonds is 9. The number of methoxy groups -OCH3 is 1. The quantitative estimate of drug-likeness (QED) is 0.429. The van der Waals surface area contributed by atoms with Crippen molar-refractivity contribution in [3.05, 3.63) is 65.7 Å². The molecule has 1 saturated carbocycles. The van der Waals surface area contributed by atoms with Crippen molar-refractivity contribution in [2.45, 2.75) is 31.7 Å². The van der Waals surface area contributed by atoms with Crippen LogP contribution in [-0.2, 0) is 9.53 Å². The van der Waals surface area contributed by atoms with Gasteiger partial charge in [-0.25, -0.2) is 0 Å². The Morgan fingerprint density at radius 3 is 2.69 bits per heavy atom. The summed E-state index contributed by atoms with van der Waals surface area (Å²) in [4.78, 5) is 24.3. The van der Waals surface area contributed by atoms with Crippen LogP contribution in [0, 0.1) is 0 Å². The predicted octanol–water partition coefficient (Wildman–Crippen LogP) is 4.52. The number of fused-ring (bicyclic) bond motifs is 1. The van der Waals surface area contributed by atoms with E-state index in [9.17, 15) is 4.79 Å². The fraction of sp³-hybridized carbons (Fsp3) is 0.393. The summed E-state index contributed by atoms with van der Waals surface area (Å²) in [5, 5.41) is 7.48. The Morgan fingerprint density at radius 1 is 1.19 bits per heavy atom. The Hall–Kier alpha value is -3.49. The van der Waals surface area contributed by atoms with E-state index in [1.54, 1.807) is 13.2 Å². The molecule has 2 fully saturated rings. The fourth-order valence-corrected chi connectivity index (χ4v) is 4.51. The van der Waals surface area contributed by atoms with Crippen LogP contribution < -0.4 is 15.4 Å². The van der Waals surface area contributed by atoms with Crippen LogP contribution in [0.15, 0.2) is 54.6 Å². The Balaban J connectivity index is 1.41. The Bertz CT molecular complexity index is 1240. The van der Waals surface area contributed by atoms with E-state index in [1.807, 2.05) is 30.3 Å². The largest absolute Gasteiger partial charge is 0.467 e. The molecular weight excluding hydrogens is 454 g/mol. The molecule has 2 aliphatic rings. The SMILES string of the molecule is COc1nc(N[C@H](C)c2ccccc2)c2cc(NC(=O)C=CCN3CCOCC3)c(C3CC3)cc2n1. The first-order chi connectivity index (χ1) is 17.6. The van der Waals surface area contributed by atoms with Gasteiger partial charge in [0, 0.05) is 42.8 Å². The van der Waals surface area contributed by atoms with Gasteiger partial charge in [-0.2, -0.15) is 9.97 Å². The molecule has 0 spiro atoms. The van der Waals surface area contributed by atoms with E-state index in [0.29, 0.717) is 17.7 Å². The number of hydrogen-bond donors (Lipinski definition) is 2. The van der Waals surface area contributed by atoms with E-state index >= 15 is 0 Å². The van der Waals surface area contributed by atoms with Crippen molar-refractivity contribution in [3.8, 4) is 6.01 Å². The minimum atomic E-state index is -0.133. The molecule has 5 rings (SSSR count). The second-order valence-corrected chi connectivity index (χ2v) is 9.37. The minimum Gasteiger partial charge on any atom is -0.467 e. The molecule has 0 unspecified atom stereocenters. The molecule has 2 aromatic carbocycles. The predicted molar refractivity (Wildman–Crippen MR) is 142 cm³/mol. The lowest BCUT2D eigenvalue weighted by molar-refractivity contribution is -0.111. The molecular formula is C28H33N5O3. The van der Waals surface area contributed by atoms with E-state index in [1.165, 1.54) is 0 Å². The minimum absolute atomic E-state index is 0.0262. The van der Waals surface area contributed by atoms with Crippen LogP contribution >= 0.6 is 0 Å². The molecule has 3 aromatic rings. The summed E-state index contributed by atoms with van der Waals surface area (Å²) in [7, 11) is 1.57. The highest BCUT2D eigenvalue weighted by atomic mass is 16.5. The van der Waals surface area contributed by atoms with E-state index in [0.717, 1.165) is 73.4 Å².